The van der Waals surface area contributed by atoms with Gasteiger partial charge >= 0.3 is 0 Å². The lowest BCUT2D eigenvalue weighted by Crippen LogP contribution is -2.40. The van der Waals surface area contributed by atoms with Crippen molar-refractivity contribution in [2.45, 2.75) is 64.4 Å². The van der Waals surface area contributed by atoms with Gasteiger partial charge < -0.3 is 4.43 Å². The Balaban J connectivity index is 2.09. The minimum absolute atomic E-state index is 0.179. The van der Waals surface area contributed by atoms with Crippen molar-refractivity contribution in [3.8, 4) is 6.07 Å². The molecule has 1 aromatic rings. The minimum Gasteiger partial charge on any atom is -0.411 e. The summed E-state index contributed by atoms with van der Waals surface area (Å²) in [5.74, 6) is 0. The summed E-state index contributed by atoms with van der Waals surface area (Å²) < 4.78 is 8.08. The van der Waals surface area contributed by atoms with Gasteiger partial charge in [0.1, 0.15) is 11.8 Å². The molecule has 19 heavy (non-hydrogen) atoms. The molecular formula is C14H23N3OSi. The third-order valence-corrected chi connectivity index (χ3v) is 8.70. The summed E-state index contributed by atoms with van der Waals surface area (Å²) in [4.78, 5) is 0. The molecule has 1 heterocycles. The maximum atomic E-state index is 9.18. The molecule has 0 unspecified atom stereocenters. The molecule has 1 saturated carbocycles. The van der Waals surface area contributed by atoms with Crippen molar-refractivity contribution in [1.82, 2.24) is 9.78 Å². The molecular weight excluding hydrogens is 254 g/mol. The van der Waals surface area contributed by atoms with Gasteiger partial charge in [0.2, 0.25) is 0 Å². The highest BCUT2D eigenvalue weighted by Crippen LogP contribution is 2.38. The molecule has 1 aromatic heterocycles. The van der Waals surface area contributed by atoms with E-state index in [1.165, 1.54) is 12.8 Å². The molecule has 0 radical (unpaired) electrons. The molecule has 1 fully saturated rings. The monoisotopic (exact) mass is 277 g/mol. The van der Waals surface area contributed by atoms with E-state index in [0.29, 0.717) is 18.2 Å². The van der Waals surface area contributed by atoms with E-state index in [1.54, 1.807) is 0 Å². The summed E-state index contributed by atoms with van der Waals surface area (Å²) in [5, 5.41) is 13.9. The fourth-order valence-corrected chi connectivity index (χ4v) is 2.55. The van der Waals surface area contributed by atoms with Crippen molar-refractivity contribution in [3.05, 3.63) is 17.5 Å². The van der Waals surface area contributed by atoms with Gasteiger partial charge in [0.25, 0.3) is 0 Å². The first-order valence-electron chi connectivity index (χ1n) is 6.87. The van der Waals surface area contributed by atoms with Gasteiger partial charge in [-0.3, -0.25) is 4.68 Å². The fraction of sp³-hybridized carbons (Fsp3) is 0.714. The topological polar surface area (TPSA) is 50.8 Å². The molecule has 4 nitrogen and oxygen atoms in total. The number of nitrogens with zero attached hydrogens (tertiary/aromatic N) is 3. The number of hydrogen-bond donors (Lipinski definition) is 0. The normalized spacial score (nSPS) is 16.4. The smallest absolute Gasteiger partial charge is 0.192 e. The molecule has 104 valence electrons. The van der Waals surface area contributed by atoms with Gasteiger partial charge in [-0.25, -0.2) is 0 Å². The zero-order valence-corrected chi connectivity index (χ0v) is 13.5. The van der Waals surface area contributed by atoms with Crippen LogP contribution in [0.1, 0.15) is 50.9 Å². The Kier molecular flexibility index (Phi) is 3.58. The van der Waals surface area contributed by atoms with Crippen LogP contribution in [-0.2, 0) is 11.0 Å². The van der Waals surface area contributed by atoms with Crippen LogP contribution >= 0.6 is 0 Å². The van der Waals surface area contributed by atoms with Crippen LogP contribution in [-0.4, -0.2) is 18.1 Å². The number of hydrogen-bond acceptors (Lipinski definition) is 3. The highest BCUT2D eigenvalue weighted by Gasteiger charge is 2.37. The molecule has 5 heteroatoms. The molecule has 0 amide bonds. The molecule has 0 aromatic carbocycles. The van der Waals surface area contributed by atoms with Gasteiger partial charge in [-0.05, 0) is 31.0 Å². The molecule has 0 aliphatic heterocycles. The van der Waals surface area contributed by atoms with Crippen LogP contribution in [0, 0.1) is 11.3 Å². The van der Waals surface area contributed by atoms with E-state index < -0.39 is 8.32 Å². The zero-order valence-electron chi connectivity index (χ0n) is 12.5. The van der Waals surface area contributed by atoms with Crippen LogP contribution in [0.3, 0.4) is 0 Å². The molecule has 0 spiro atoms. The second-order valence-electron chi connectivity index (χ2n) is 6.86. The van der Waals surface area contributed by atoms with Crippen LogP contribution in [0.5, 0.6) is 0 Å². The Hall–Kier alpha value is -1.12. The largest absolute Gasteiger partial charge is 0.411 e. The Bertz CT molecular complexity index is 504. The highest BCUT2D eigenvalue weighted by atomic mass is 28.4. The predicted molar refractivity (Wildman–Crippen MR) is 77.2 cm³/mol. The first-order valence-corrected chi connectivity index (χ1v) is 9.77. The minimum atomic E-state index is -1.78. The van der Waals surface area contributed by atoms with E-state index in [-0.39, 0.29) is 5.04 Å². The van der Waals surface area contributed by atoms with Crippen molar-refractivity contribution in [3.63, 3.8) is 0 Å². The third-order valence-electron chi connectivity index (χ3n) is 4.23. The quantitative estimate of drug-likeness (QED) is 0.790. The van der Waals surface area contributed by atoms with E-state index in [2.05, 4.69) is 45.0 Å². The van der Waals surface area contributed by atoms with Crippen molar-refractivity contribution in [2.24, 2.45) is 0 Å². The Morgan fingerprint density at radius 3 is 2.58 bits per heavy atom. The van der Waals surface area contributed by atoms with Gasteiger partial charge in [0.05, 0.1) is 18.2 Å². The summed E-state index contributed by atoms with van der Waals surface area (Å²) in [6.07, 6.45) is 4.21. The molecule has 0 N–H and O–H groups in total. The molecule has 1 aliphatic carbocycles. The lowest BCUT2D eigenvalue weighted by Gasteiger charge is -2.35. The first-order chi connectivity index (χ1) is 8.74. The van der Waals surface area contributed by atoms with Crippen LogP contribution < -0.4 is 0 Å². The van der Waals surface area contributed by atoms with E-state index in [4.69, 9.17) is 4.43 Å². The van der Waals surface area contributed by atoms with Crippen LogP contribution in [0.2, 0.25) is 18.1 Å². The predicted octanol–water partition coefficient (Wildman–Crippen LogP) is 3.61. The average molecular weight is 277 g/mol. The summed E-state index contributed by atoms with van der Waals surface area (Å²) >= 11 is 0. The second kappa shape index (κ2) is 4.77. The van der Waals surface area contributed by atoms with E-state index in [9.17, 15) is 5.26 Å². The van der Waals surface area contributed by atoms with E-state index >= 15 is 0 Å². The maximum absolute atomic E-state index is 9.18. The summed E-state index contributed by atoms with van der Waals surface area (Å²) in [6, 6.07) is 2.73. The van der Waals surface area contributed by atoms with Crippen molar-refractivity contribution >= 4 is 8.32 Å². The van der Waals surface area contributed by atoms with E-state index in [1.807, 2.05) is 10.9 Å². The molecule has 2 rings (SSSR count). The van der Waals surface area contributed by atoms with Gasteiger partial charge in [-0.2, -0.15) is 10.4 Å². The Morgan fingerprint density at radius 1 is 1.47 bits per heavy atom. The Morgan fingerprint density at radius 2 is 2.11 bits per heavy atom. The van der Waals surface area contributed by atoms with Gasteiger partial charge in [-0.15, -0.1) is 0 Å². The number of nitriles is 1. The fourth-order valence-electron chi connectivity index (χ4n) is 1.62. The maximum Gasteiger partial charge on any atom is 0.192 e. The highest BCUT2D eigenvalue weighted by molar-refractivity contribution is 6.74. The average Bonchev–Trinajstić information content (AvgIpc) is 3.06. The standard InChI is InChI=1S/C14H23N3OSi/c1-14(2,3)19(4,5)18-10-13-11(8-15)9-17(16-13)12-6-7-12/h9,12H,6-7,10H2,1-5H3. The summed E-state index contributed by atoms with van der Waals surface area (Å²) in [5.41, 5.74) is 1.45. The van der Waals surface area contributed by atoms with Gasteiger partial charge in [0.15, 0.2) is 8.32 Å². The van der Waals surface area contributed by atoms with Crippen LogP contribution in [0.25, 0.3) is 0 Å². The van der Waals surface area contributed by atoms with E-state index in [0.717, 1.165) is 5.69 Å². The molecule has 0 bridgehead atoms. The third kappa shape index (κ3) is 3.07. The Labute approximate surface area is 116 Å². The van der Waals surface area contributed by atoms with Gasteiger partial charge in [-0.1, -0.05) is 20.8 Å². The zero-order chi connectivity index (χ0) is 14.3. The molecule has 0 saturated heterocycles. The second-order valence-corrected chi connectivity index (χ2v) is 11.7. The molecule has 1 aliphatic rings. The lowest BCUT2D eigenvalue weighted by molar-refractivity contribution is 0.270. The number of aromatic nitrogens is 2. The van der Waals surface area contributed by atoms with Crippen molar-refractivity contribution in [2.75, 3.05) is 0 Å². The number of rotatable bonds is 4. The van der Waals surface area contributed by atoms with Crippen molar-refractivity contribution in [1.29, 1.82) is 5.26 Å². The molecule has 0 atom stereocenters. The summed E-state index contributed by atoms with van der Waals surface area (Å²) in [6.45, 7) is 11.5. The van der Waals surface area contributed by atoms with Crippen LogP contribution in [0.4, 0.5) is 0 Å². The first kappa shape index (κ1) is 14.3. The lowest BCUT2D eigenvalue weighted by atomic mass is 10.2. The van der Waals surface area contributed by atoms with Gasteiger partial charge in [0, 0.05) is 6.20 Å². The summed E-state index contributed by atoms with van der Waals surface area (Å²) in [7, 11) is -1.78. The van der Waals surface area contributed by atoms with Crippen LogP contribution in [0.15, 0.2) is 6.20 Å². The van der Waals surface area contributed by atoms with Crippen molar-refractivity contribution < 1.29 is 4.43 Å². The SMILES string of the molecule is CC(C)(C)[Si](C)(C)OCc1nn(C2CC2)cc1C#N.